The third-order valence-corrected chi connectivity index (χ3v) is 4.40. The van der Waals surface area contributed by atoms with E-state index in [0.29, 0.717) is 18.0 Å². The molecule has 0 aliphatic carbocycles. The molecule has 0 aliphatic heterocycles. The lowest BCUT2D eigenvalue weighted by atomic mass is 10.3. The van der Waals surface area contributed by atoms with Crippen LogP contribution < -0.4 is 10.1 Å². The number of carbonyl (C=O) groups is 1. The van der Waals surface area contributed by atoms with Gasteiger partial charge in [0.05, 0.1) is 24.6 Å². The zero-order valence-electron chi connectivity index (χ0n) is 16.6. The molecule has 10 heteroatoms. The van der Waals surface area contributed by atoms with Gasteiger partial charge in [-0.3, -0.25) is 14.2 Å². The molecule has 31 heavy (non-hydrogen) atoms. The zero-order valence-corrected chi connectivity index (χ0v) is 16.6. The normalized spacial score (nSPS) is 10.9. The van der Waals surface area contributed by atoms with Gasteiger partial charge in [-0.1, -0.05) is 0 Å². The number of nitrogens with one attached hydrogen (secondary N) is 1. The Balaban J connectivity index is 1.33. The number of rotatable bonds is 8. The number of aromatic nitrogens is 4. The number of furan rings is 1. The highest BCUT2D eigenvalue weighted by Crippen LogP contribution is 2.20. The second-order valence-electron chi connectivity index (χ2n) is 6.71. The first-order valence-corrected chi connectivity index (χ1v) is 9.52. The van der Waals surface area contributed by atoms with Crippen molar-refractivity contribution in [2.45, 2.75) is 26.6 Å². The van der Waals surface area contributed by atoms with E-state index in [-0.39, 0.29) is 18.1 Å². The zero-order chi connectivity index (χ0) is 21.8. The van der Waals surface area contributed by atoms with Gasteiger partial charge in [0.1, 0.15) is 18.2 Å². The molecule has 3 aromatic heterocycles. The van der Waals surface area contributed by atoms with E-state index >= 15 is 0 Å². The molecule has 0 bridgehead atoms. The molecule has 0 unspecified atom stereocenters. The van der Waals surface area contributed by atoms with E-state index in [1.807, 2.05) is 17.8 Å². The van der Waals surface area contributed by atoms with Crippen LogP contribution in [0.25, 0.3) is 0 Å². The molecule has 160 valence electrons. The summed E-state index contributed by atoms with van der Waals surface area (Å²) >= 11 is 0. The fourth-order valence-electron chi connectivity index (χ4n) is 2.87. The van der Waals surface area contributed by atoms with E-state index in [0.717, 1.165) is 24.2 Å². The van der Waals surface area contributed by atoms with Crippen molar-refractivity contribution in [3.8, 4) is 5.75 Å². The van der Waals surface area contributed by atoms with E-state index in [9.17, 15) is 13.6 Å². The quantitative estimate of drug-likeness (QED) is 0.462. The van der Waals surface area contributed by atoms with Crippen LogP contribution in [0.3, 0.4) is 0 Å². The van der Waals surface area contributed by atoms with Crippen LogP contribution in [0.15, 0.2) is 59.5 Å². The number of carbonyl (C=O) groups excluding carboxylic acids is 1. The molecule has 0 aliphatic rings. The summed E-state index contributed by atoms with van der Waals surface area (Å²) in [5.74, 6) is -1.70. The molecule has 0 fully saturated rings. The molecule has 1 amide bonds. The van der Waals surface area contributed by atoms with Crippen LogP contribution in [-0.2, 0) is 19.7 Å². The van der Waals surface area contributed by atoms with E-state index in [2.05, 4.69) is 15.5 Å². The minimum Gasteiger partial charge on any atom is -0.483 e. The van der Waals surface area contributed by atoms with Crippen molar-refractivity contribution < 1.29 is 22.7 Å². The number of ether oxygens (including phenoxy) is 1. The molecule has 0 atom stereocenters. The van der Waals surface area contributed by atoms with Crippen molar-refractivity contribution >= 4 is 11.6 Å². The van der Waals surface area contributed by atoms with Crippen LogP contribution in [0.5, 0.6) is 5.75 Å². The van der Waals surface area contributed by atoms with Gasteiger partial charge in [-0.2, -0.15) is 10.2 Å². The number of hydrogen-bond acceptors (Lipinski definition) is 5. The van der Waals surface area contributed by atoms with Gasteiger partial charge < -0.3 is 14.5 Å². The van der Waals surface area contributed by atoms with Crippen molar-refractivity contribution in [2.24, 2.45) is 0 Å². The van der Waals surface area contributed by atoms with Gasteiger partial charge in [-0.05, 0) is 31.2 Å². The van der Waals surface area contributed by atoms with Gasteiger partial charge in [0.2, 0.25) is 0 Å². The molecule has 4 rings (SSSR count). The third kappa shape index (κ3) is 4.97. The fraction of sp³-hybridized carbons (Fsp3) is 0.190. The van der Waals surface area contributed by atoms with Gasteiger partial charge in [0, 0.05) is 30.6 Å². The summed E-state index contributed by atoms with van der Waals surface area (Å²) in [4.78, 5) is 12.4. The Kier molecular flexibility index (Phi) is 5.78. The van der Waals surface area contributed by atoms with Crippen molar-refractivity contribution in [3.63, 3.8) is 0 Å². The Hall–Kier alpha value is -3.95. The lowest BCUT2D eigenvalue weighted by Crippen LogP contribution is -2.10. The van der Waals surface area contributed by atoms with Crippen LogP contribution in [0.4, 0.5) is 14.5 Å². The maximum Gasteiger partial charge on any atom is 0.291 e. The minimum absolute atomic E-state index is 0.0650. The van der Waals surface area contributed by atoms with Crippen LogP contribution >= 0.6 is 0 Å². The Bertz CT molecular complexity index is 1200. The highest BCUT2D eigenvalue weighted by molar-refractivity contribution is 6.02. The van der Waals surface area contributed by atoms with Crippen LogP contribution in [0, 0.1) is 11.6 Å². The predicted octanol–water partition coefficient (Wildman–Crippen LogP) is 3.85. The molecule has 0 spiro atoms. The minimum atomic E-state index is -0.816. The summed E-state index contributed by atoms with van der Waals surface area (Å²) in [5.41, 5.74) is 1.51. The lowest BCUT2D eigenvalue weighted by molar-refractivity contribution is 0.0992. The first kappa shape index (κ1) is 20.3. The standard InChI is InChI=1S/C21H19F2N5O3/c1-2-27-10-14(8-24-27)11-28-12-16(9-25-28)26-21(29)20-6-4-17(31-20)13-30-19-5-3-15(22)7-18(19)23/h3-10,12H,2,11,13H2,1H3,(H,26,29). The molecule has 0 radical (unpaired) electrons. The topological polar surface area (TPSA) is 87.1 Å². The molecular weight excluding hydrogens is 408 g/mol. The van der Waals surface area contributed by atoms with Crippen LogP contribution in [-0.4, -0.2) is 25.5 Å². The highest BCUT2D eigenvalue weighted by Gasteiger charge is 2.14. The lowest BCUT2D eigenvalue weighted by Gasteiger charge is -2.05. The summed E-state index contributed by atoms with van der Waals surface area (Å²) in [6, 6.07) is 6.04. The van der Waals surface area contributed by atoms with Gasteiger partial charge in [-0.25, -0.2) is 8.78 Å². The molecule has 1 N–H and O–H groups in total. The predicted molar refractivity (Wildman–Crippen MR) is 107 cm³/mol. The molecule has 3 heterocycles. The maximum absolute atomic E-state index is 13.6. The average molecular weight is 427 g/mol. The van der Waals surface area contributed by atoms with Gasteiger partial charge in [-0.15, -0.1) is 0 Å². The second kappa shape index (κ2) is 8.82. The van der Waals surface area contributed by atoms with E-state index in [1.165, 1.54) is 18.3 Å². The number of nitrogens with zero attached hydrogens (tertiary/aromatic N) is 4. The average Bonchev–Trinajstić information content (AvgIpc) is 3.49. The number of anilines is 1. The molecular formula is C21H19F2N5O3. The van der Waals surface area contributed by atoms with Crippen LogP contribution in [0.2, 0.25) is 0 Å². The number of amides is 1. The van der Waals surface area contributed by atoms with Crippen molar-refractivity contribution in [1.82, 2.24) is 19.6 Å². The molecule has 4 aromatic rings. The summed E-state index contributed by atoms with van der Waals surface area (Å²) in [7, 11) is 0. The Morgan fingerprint density at radius 1 is 1.13 bits per heavy atom. The fourth-order valence-corrected chi connectivity index (χ4v) is 2.87. The summed E-state index contributed by atoms with van der Waals surface area (Å²) in [5, 5.41) is 11.1. The summed E-state index contributed by atoms with van der Waals surface area (Å²) in [6.45, 7) is 3.21. The highest BCUT2D eigenvalue weighted by atomic mass is 19.1. The SMILES string of the molecule is CCn1cc(Cn2cc(NC(=O)c3ccc(COc4ccc(F)cc4F)o3)cn2)cn1. The number of hydrogen-bond donors (Lipinski definition) is 1. The molecule has 1 aromatic carbocycles. The Labute approximate surface area is 176 Å². The summed E-state index contributed by atoms with van der Waals surface area (Å²) in [6.07, 6.45) is 6.94. The molecule has 0 saturated carbocycles. The monoisotopic (exact) mass is 427 g/mol. The first-order chi connectivity index (χ1) is 15.0. The van der Waals surface area contributed by atoms with Crippen LogP contribution in [0.1, 0.15) is 28.8 Å². The number of aryl methyl sites for hydroxylation is 1. The maximum atomic E-state index is 13.6. The first-order valence-electron chi connectivity index (χ1n) is 9.52. The molecule has 0 saturated heterocycles. The second-order valence-corrected chi connectivity index (χ2v) is 6.71. The Morgan fingerprint density at radius 3 is 2.74 bits per heavy atom. The third-order valence-electron chi connectivity index (χ3n) is 4.40. The van der Waals surface area contributed by atoms with Crippen molar-refractivity contribution in [2.75, 3.05) is 5.32 Å². The molecule has 8 nitrogen and oxygen atoms in total. The van der Waals surface area contributed by atoms with Crippen molar-refractivity contribution in [1.29, 1.82) is 0 Å². The van der Waals surface area contributed by atoms with E-state index in [1.54, 1.807) is 23.1 Å². The van der Waals surface area contributed by atoms with Gasteiger partial charge in [0.15, 0.2) is 17.3 Å². The van der Waals surface area contributed by atoms with Gasteiger partial charge in [0.25, 0.3) is 5.91 Å². The van der Waals surface area contributed by atoms with E-state index in [4.69, 9.17) is 9.15 Å². The van der Waals surface area contributed by atoms with E-state index < -0.39 is 17.5 Å². The van der Waals surface area contributed by atoms with Gasteiger partial charge >= 0.3 is 0 Å². The smallest absolute Gasteiger partial charge is 0.291 e. The summed E-state index contributed by atoms with van der Waals surface area (Å²) < 4.78 is 40.8. The Morgan fingerprint density at radius 2 is 1.97 bits per heavy atom. The number of benzene rings is 1. The number of halogens is 2. The largest absolute Gasteiger partial charge is 0.483 e. The van der Waals surface area contributed by atoms with Crippen molar-refractivity contribution in [3.05, 3.63) is 83.8 Å².